The number of pyridine rings is 1. The number of hydrogen-bond donors (Lipinski definition) is 2. The van der Waals surface area contributed by atoms with Gasteiger partial charge in [-0.2, -0.15) is 10.3 Å². The zero-order valence-corrected chi connectivity index (χ0v) is 8.07. The van der Waals surface area contributed by atoms with Crippen LogP contribution in [0.25, 0.3) is 11.2 Å². The van der Waals surface area contributed by atoms with Crippen molar-refractivity contribution in [2.75, 3.05) is 0 Å². The van der Waals surface area contributed by atoms with Crippen LogP contribution in [-0.2, 0) is 6.42 Å². The van der Waals surface area contributed by atoms with E-state index in [1.54, 1.807) is 0 Å². The lowest BCUT2D eigenvalue weighted by molar-refractivity contribution is 0.665. The van der Waals surface area contributed by atoms with Crippen molar-refractivity contribution in [1.82, 2.24) is 20.4 Å². The molecule has 0 radical (unpaired) electrons. The van der Waals surface area contributed by atoms with Crippen LogP contribution in [0.5, 0.6) is 0 Å². The Morgan fingerprint density at radius 1 is 1.50 bits per heavy atom. The summed E-state index contributed by atoms with van der Waals surface area (Å²) in [7, 11) is 0. The molecule has 0 saturated carbocycles. The highest BCUT2D eigenvalue weighted by Gasteiger charge is 2.02. The fourth-order valence-electron chi connectivity index (χ4n) is 1.31. The van der Waals surface area contributed by atoms with Crippen LogP contribution in [-0.4, -0.2) is 26.4 Å². The quantitative estimate of drug-likeness (QED) is 0.745. The van der Waals surface area contributed by atoms with Gasteiger partial charge in [0.1, 0.15) is 5.52 Å². The molecule has 5 heteroatoms. The van der Waals surface area contributed by atoms with Gasteiger partial charge in [0.05, 0.1) is 0 Å². The summed E-state index contributed by atoms with van der Waals surface area (Å²) in [6, 6.07) is 2.22. The Morgan fingerprint density at radius 2 is 2.36 bits per heavy atom. The molecular formula is C9H13N5. The molecule has 0 spiro atoms. The van der Waals surface area contributed by atoms with Crippen molar-refractivity contribution in [3.8, 4) is 0 Å². The van der Waals surface area contributed by atoms with E-state index in [-0.39, 0.29) is 6.04 Å². The van der Waals surface area contributed by atoms with Gasteiger partial charge in [-0.3, -0.25) is 0 Å². The minimum atomic E-state index is 0.225. The first-order chi connectivity index (χ1) is 6.75. The number of nitrogens with two attached hydrogens (primary N) is 1. The van der Waals surface area contributed by atoms with Crippen molar-refractivity contribution in [1.29, 1.82) is 0 Å². The molecule has 5 nitrogen and oxygen atoms in total. The highest BCUT2D eigenvalue weighted by Crippen LogP contribution is 2.09. The van der Waals surface area contributed by atoms with Gasteiger partial charge >= 0.3 is 0 Å². The van der Waals surface area contributed by atoms with E-state index in [0.29, 0.717) is 5.65 Å². The van der Waals surface area contributed by atoms with Crippen molar-refractivity contribution in [3.05, 3.63) is 17.8 Å². The van der Waals surface area contributed by atoms with Crippen LogP contribution in [0.1, 0.15) is 18.9 Å². The predicted octanol–water partition coefficient (Wildman–Crippen LogP) is 0.633. The van der Waals surface area contributed by atoms with Crippen molar-refractivity contribution in [3.63, 3.8) is 0 Å². The van der Waals surface area contributed by atoms with Crippen LogP contribution in [0.3, 0.4) is 0 Å². The molecule has 1 atom stereocenters. The molecule has 0 bridgehead atoms. The van der Waals surface area contributed by atoms with Gasteiger partial charge in [0.25, 0.3) is 0 Å². The summed E-state index contributed by atoms with van der Waals surface area (Å²) in [6.45, 7) is 2.00. The van der Waals surface area contributed by atoms with Crippen molar-refractivity contribution in [2.45, 2.75) is 25.8 Å². The molecule has 2 heterocycles. The lowest BCUT2D eigenvalue weighted by Crippen LogP contribution is -2.15. The van der Waals surface area contributed by atoms with Crippen molar-refractivity contribution >= 4 is 11.2 Å². The Kier molecular flexibility index (Phi) is 2.41. The van der Waals surface area contributed by atoms with E-state index in [1.807, 2.05) is 19.2 Å². The Morgan fingerprint density at radius 3 is 3.14 bits per heavy atom. The van der Waals surface area contributed by atoms with E-state index in [1.165, 1.54) is 0 Å². The number of rotatable bonds is 3. The van der Waals surface area contributed by atoms with Crippen LogP contribution in [0.4, 0.5) is 0 Å². The van der Waals surface area contributed by atoms with Crippen LogP contribution in [0.2, 0.25) is 0 Å². The molecule has 0 aliphatic carbocycles. The molecule has 0 amide bonds. The molecule has 0 unspecified atom stereocenters. The zero-order valence-electron chi connectivity index (χ0n) is 8.07. The van der Waals surface area contributed by atoms with E-state index in [0.717, 1.165) is 23.9 Å². The monoisotopic (exact) mass is 191 g/mol. The first kappa shape index (κ1) is 9.08. The summed E-state index contributed by atoms with van der Waals surface area (Å²) in [6.07, 6.45) is 3.73. The van der Waals surface area contributed by atoms with Gasteiger partial charge in [-0.25, -0.2) is 4.98 Å². The summed E-state index contributed by atoms with van der Waals surface area (Å²) >= 11 is 0. The number of aromatic amines is 1. The van der Waals surface area contributed by atoms with Gasteiger partial charge in [0, 0.05) is 12.2 Å². The first-order valence-electron chi connectivity index (χ1n) is 4.66. The van der Waals surface area contributed by atoms with Gasteiger partial charge in [0.2, 0.25) is 5.65 Å². The maximum absolute atomic E-state index is 5.68. The standard InChI is InChI=1S/C9H13N5/c1-6(10)2-3-7-4-8-9(11-5-7)13-14-12-8/h4-6H,2-3,10H2,1H3,(H,11,12,13,14)/t6-/m0/s1. The minimum Gasteiger partial charge on any atom is -0.328 e. The maximum atomic E-state index is 5.68. The minimum absolute atomic E-state index is 0.225. The number of nitrogens with zero attached hydrogens (tertiary/aromatic N) is 3. The summed E-state index contributed by atoms with van der Waals surface area (Å²) in [4.78, 5) is 4.17. The van der Waals surface area contributed by atoms with Crippen molar-refractivity contribution in [2.24, 2.45) is 5.73 Å². The van der Waals surface area contributed by atoms with Gasteiger partial charge in [-0.1, -0.05) is 0 Å². The lowest BCUT2D eigenvalue weighted by atomic mass is 10.1. The van der Waals surface area contributed by atoms with E-state index in [9.17, 15) is 0 Å². The van der Waals surface area contributed by atoms with E-state index < -0.39 is 0 Å². The number of hydrogen-bond acceptors (Lipinski definition) is 4. The molecule has 0 aromatic carbocycles. The molecule has 2 rings (SSSR count). The largest absolute Gasteiger partial charge is 0.328 e. The smallest absolute Gasteiger partial charge is 0.201 e. The second-order valence-corrected chi connectivity index (χ2v) is 3.53. The van der Waals surface area contributed by atoms with E-state index in [2.05, 4.69) is 20.4 Å². The van der Waals surface area contributed by atoms with Crippen LogP contribution >= 0.6 is 0 Å². The molecule has 2 aromatic rings. The molecule has 14 heavy (non-hydrogen) atoms. The summed E-state index contributed by atoms with van der Waals surface area (Å²) in [5, 5.41) is 10.4. The molecule has 3 N–H and O–H groups in total. The lowest BCUT2D eigenvalue weighted by Gasteiger charge is -2.03. The van der Waals surface area contributed by atoms with Gasteiger partial charge in [-0.15, -0.1) is 5.10 Å². The van der Waals surface area contributed by atoms with E-state index in [4.69, 9.17) is 5.73 Å². The fourth-order valence-corrected chi connectivity index (χ4v) is 1.31. The number of H-pyrrole nitrogens is 1. The maximum Gasteiger partial charge on any atom is 0.201 e. The zero-order chi connectivity index (χ0) is 9.97. The summed E-state index contributed by atoms with van der Waals surface area (Å²) in [5.41, 5.74) is 8.31. The highest BCUT2D eigenvalue weighted by molar-refractivity contribution is 5.68. The van der Waals surface area contributed by atoms with Gasteiger partial charge < -0.3 is 5.73 Å². The predicted molar refractivity (Wildman–Crippen MR) is 53.7 cm³/mol. The fraction of sp³-hybridized carbons (Fsp3) is 0.444. The van der Waals surface area contributed by atoms with Crippen LogP contribution in [0.15, 0.2) is 12.3 Å². The van der Waals surface area contributed by atoms with Crippen molar-refractivity contribution < 1.29 is 0 Å². The number of nitrogens with one attached hydrogen (secondary N) is 1. The molecule has 0 aliphatic rings. The summed E-state index contributed by atoms with van der Waals surface area (Å²) in [5.74, 6) is 0. The average molecular weight is 191 g/mol. The molecule has 0 aliphatic heterocycles. The third-order valence-corrected chi connectivity index (χ3v) is 2.12. The summed E-state index contributed by atoms with van der Waals surface area (Å²) < 4.78 is 0. The first-order valence-corrected chi connectivity index (χ1v) is 4.66. The van der Waals surface area contributed by atoms with Crippen LogP contribution < -0.4 is 5.73 Å². The van der Waals surface area contributed by atoms with E-state index >= 15 is 0 Å². The molecule has 2 aromatic heterocycles. The molecule has 0 fully saturated rings. The Labute approximate surface area is 81.7 Å². The molecular weight excluding hydrogens is 178 g/mol. The Hall–Kier alpha value is -1.49. The van der Waals surface area contributed by atoms with Gasteiger partial charge in [0.15, 0.2) is 0 Å². The number of aryl methyl sites for hydroxylation is 1. The Balaban J connectivity index is 2.17. The Bertz CT molecular complexity index is 420. The SMILES string of the molecule is C[C@H](N)CCc1cnc2n[nH]nc2c1. The third-order valence-electron chi connectivity index (χ3n) is 2.12. The highest BCUT2D eigenvalue weighted by atomic mass is 15.3. The second kappa shape index (κ2) is 3.71. The normalized spacial score (nSPS) is 13.3. The molecule has 0 saturated heterocycles. The topological polar surface area (TPSA) is 80.5 Å². The third kappa shape index (κ3) is 1.88. The van der Waals surface area contributed by atoms with Crippen LogP contribution in [0, 0.1) is 0 Å². The average Bonchev–Trinajstić information content (AvgIpc) is 2.61. The second-order valence-electron chi connectivity index (χ2n) is 3.53. The van der Waals surface area contributed by atoms with Gasteiger partial charge in [-0.05, 0) is 31.4 Å². The molecule has 74 valence electrons. The number of aromatic nitrogens is 4. The number of fused-ring (bicyclic) bond motifs is 1.